The fraction of sp³-hybridized carbons (Fsp3) is 0. The summed E-state index contributed by atoms with van der Waals surface area (Å²) in [4.78, 5) is 29.1. The Bertz CT molecular complexity index is 1250. The second-order valence-corrected chi connectivity index (χ2v) is 7.79. The Labute approximate surface area is 159 Å². The van der Waals surface area contributed by atoms with Crippen molar-refractivity contribution in [1.29, 1.82) is 0 Å². The number of hydroxylamine groups is 1. The van der Waals surface area contributed by atoms with Crippen molar-refractivity contribution in [2.45, 2.75) is 4.90 Å². The summed E-state index contributed by atoms with van der Waals surface area (Å²) in [6, 6.07) is 16.4. The molecule has 140 valence electrons. The van der Waals surface area contributed by atoms with Gasteiger partial charge in [0, 0.05) is 0 Å². The summed E-state index contributed by atoms with van der Waals surface area (Å²) in [7, 11) is -4.40. The summed E-state index contributed by atoms with van der Waals surface area (Å²) in [5.74, 6) is -2.69. The van der Waals surface area contributed by atoms with E-state index in [1.54, 1.807) is 18.2 Å². The molecule has 0 saturated carbocycles. The number of amides is 1. The number of fused-ring (bicyclic) bond motifs is 1. The van der Waals surface area contributed by atoms with Gasteiger partial charge in [-0.25, -0.2) is 9.18 Å². The summed E-state index contributed by atoms with van der Waals surface area (Å²) >= 11 is 0. The summed E-state index contributed by atoms with van der Waals surface area (Å²) in [6.45, 7) is 0. The molecule has 0 atom stereocenters. The lowest BCUT2D eigenvalue weighted by molar-refractivity contribution is -0.160. The zero-order chi connectivity index (χ0) is 19.9. The van der Waals surface area contributed by atoms with Crippen LogP contribution in [0.3, 0.4) is 0 Å². The highest BCUT2D eigenvalue weighted by Gasteiger charge is 2.44. The molecule has 0 radical (unpaired) electrons. The van der Waals surface area contributed by atoms with E-state index < -0.39 is 33.3 Å². The van der Waals surface area contributed by atoms with E-state index in [0.717, 1.165) is 23.6 Å². The molecule has 1 fully saturated rings. The van der Waals surface area contributed by atoms with Gasteiger partial charge in [0.15, 0.2) is 0 Å². The number of benzene rings is 3. The molecule has 6 nitrogen and oxygen atoms in total. The van der Waals surface area contributed by atoms with E-state index >= 15 is 0 Å². The van der Waals surface area contributed by atoms with Crippen LogP contribution >= 0.6 is 0 Å². The lowest BCUT2D eigenvalue weighted by atomic mass is 10.1. The van der Waals surface area contributed by atoms with E-state index in [-0.39, 0.29) is 9.36 Å². The van der Waals surface area contributed by atoms with Gasteiger partial charge in [0.25, 0.3) is 10.0 Å². The van der Waals surface area contributed by atoms with E-state index in [9.17, 15) is 22.4 Å². The minimum Gasteiger partial charge on any atom is -0.317 e. The number of halogens is 1. The minimum absolute atomic E-state index is 0.0782. The first kappa shape index (κ1) is 17.9. The van der Waals surface area contributed by atoms with Crippen molar-refractivity contribution in [3.05, 3.63) is 83.7 Å². The highest BCUT2D eigenvalue weighted by atomic mass is 32.2. The first-order valence-electron chi connectivity index (χ1n) is 8.14. The maximum absolute atomic E-state index is 13.0. The normalized spacial score (nSPS) is 16.0. The second kappa shape index (κ2) is 6.58. The fourth-order valence-electron chi connectivity index (χ4n) is 2.78. The van der Waals surface area contributed by atoms with Gasteiger partial charge in [0.1, 0.15) is 11.4 Å². The van der Waals surface area contributed by atoms with Crippen LogP contribution in [0.2, 0.25) is 0 Å². The highest BCUT2D eigenvalue weighted by molar-refractivity contribution is 7.89. The van der Waals surface area contributed by atoms with Gasteiger partial charge < -0.3 is 4.84 Å². The van der Waals surface area contributed by atoms with E-state index in [1.165, 1.54) is 24.3 Å². The predicted molar refractivity (Wildman–Crippen MR) is 98.4 cm³/mol. The third-order valence-corrected chi connectivity index (χ3v) is 5.73. The molecule has 8 heteroatoms. The summed E-state index contributed by atoms with van der Waals surface area (Å²) < 4.78 is 38.7. The third-order valence-electron chi connectivity index (χ3n) is 4.20. The van der Waals surface area contributed by atoms with Gasteiger partial charge in [-0.05, 0) is 51.1 Å². The smallest absolute Gasteiger partial charge is 0.317 e. The van der Waals surface area contributed by atoms with Crippen LogP contribution in [0.4, 0.5) is 4.39 Å². The molecule has 0 bridgehead atoms. The molecule has 1 amide bonds. The Balaban J connectivity index is 1.71. The molecule has 1 saturated heterocycles. The molecule has 3 aromatic carbocycles. The SMILES string of the molecule is O=C1ON(S(=O)(=O)c2ccc3ccccc3c2)C(=O)/C1=C\c1ccc(F)cc1. The molecule has 0 aliphatic carbocycles. The monoisotopic (exact) mass is 397 g/mol. The maximum atomic E-state index is 13.0. The largest absolute Gasteiger partial charge is 0.370 e. The van der Waals surface area contributed by atoms with Crippen molar-refractivity contribution in [3.63, 3.8) is 0 Å². The van der Waals surface area contributed by atoms with E-state index in [1.807, 2.05) is 12.1 Å². The zero-order valence-corrected chi connectivity index (χ0v) is 15.0. The van der Waals surface area contributed by atoms with Gasteiger partial charge >= 0.3 is 11.9 Å². The van der Waals surface area contributed by atoms with Crippen molar-refractivity contribution in [3.8, 4) is 0 Å². The van der Waals surface area contributed by atoms with Gasteiger partial charge in [0.05, 0.1) is 4.90 Å². The van der Waals surface area contributed by atoms with Crippen molar-refractivity contribution >= 4 is 38.7 Å². The number of rotatable bonds is 3. The summed E-state index contributed by atoms with van der Waals surface area (Å²) in [5.41, 5.74) is -0.109. The molecule has 1 aliphatic rings. The van der Waals surface area contributed by atoms with Crippen LogP contribution in [0.15, 0.2) is 77.2 Å². The number of sulfonamides is 1. The minimum atomic E-state index is -4.40. The van der Waals surface area contributed by atoms with Crippen LogP contribution in [0, 0.1) is 5.82 Å². The Morgan fingerprint density at radius 3 is 2.29 bits per heavy atom. The molecule has 3 aromatic rings. The number of nitrogens with zero attached hydrogens (tertiary/aromatic N) is 1. The first-order valence-corrected chi connectivity index (χ1v) is 9.58. The van der Waals surface area contributed by atoms with Gasteiger partial charge in [0.2, 0.25) is 0 Å². The Morgan fingerprint density at radius 1 is 0.893 bits per heavy atom. The third kappa shape index (κ3) is 3.03. The number of carbonyl (C=O) groups is 2. The van der Waals surface area contributed by atoms with Gasteiger partial charge in [-0.1, -0.05) is 42.5 Å². The van der Waals surface area contributed by atoms with Gasteiger partial charge in [-0.3, -0.25) is 4.79 Å². The average Bonchev–Trinajstić information content (AvgIpc) is 2.98. The van der Waals surface area contributed by atoms with E-state index in [0.29, 0.717) is 10.9 Å². The van der Waals surface area contributed by atoms with Crippen molar-refractivity contribution in [1.82, 2.24) is 4.47 Å². The van der Waals surface area contributed by atoms with Crippen LogP contribution in [0.5, 0.6) is 0 Å². The Hall–Kier alpha value is -3.52. The molecular weight excluding hydrogens is 385 g/mol. The Morgan fingerprint density at radius 2 is 1.57 bits per heavy atom. The predicted octanol–water partition coefficient (Wildman–Crippen LogP) is 3.05. The Kier molecular flexibility index (Phi) is 4.20. The lowest BCUT2D eigenvalue weighted by Crippen LogP contribution is -2.31. The fourth-order valence-corrected chi connectivity index (χ4v) is 3.97. The maximum Gasteiger partial charge on any atom is 0.370 e. The molecule has 4 rings (SSSR count). The molecule has 1 heterocycles. The van der Waals surface area contributed by atoms with E-state index in [2.05, 4.69) is 0 Å². The molecule has 0 spiro atoms. The zero-order valence-electron chi connectivity index (χ0n) is 14.2. The quantitative estimate of drug-likeness (QED) is 0.501. The van der Waals surface area contributed by atoms with Crippen LogP contribution in [-0.4, -0.2) is 24.8 Å². The van der Waals surface area contributed by atoms with Crippen LogP contribution in [-0.2, 0) is 24.4 Å². The van der Waals surface area contributed by atoms with Gasteiger partial charge in [-0.15, -0.1) is 0 Å². The number of carbonyl (C=O) groups excluding carboxylic acids is 2. The lowest BCUT2D eigenvalue weighted by Gasteiger charge is -2.13. The van der Waals surface area contributed by atoms with Crippen LogP contribution < -0.4 is 0 Å². The number of hydrogen-bond donors (Lipinski definition) is 0. The van der Waals surface area contributed by atoms with Crippen molar-refractivity contribution in [2.75, 3.05) is 0 Å². The molecular formula is C20H12FNO5S. The van der Waals surface area contributed by atoms with Crippen molar-refractivity contribution in [2.24, 2.45) is 0 Å². The molecule has 0 N–H and O–H groups in total. The van der Waals surface area contributed by atoms with Crippen molar-refractivity contribution < 1.29 is 27.2 Å². The topological polar surface area (TPSA) is 80.8 Å². The standard InChI is InChI=1S/C20H12FNO5S/c21-16-8-5-13(6-9-16)11-18-19(23)22(27-20(18)24)28(25,26)17-10-7-14-3-1-2-4-15(14)12-17/h1-12H/b18-11+. The average molecular weight is 397 g/mol. The highest BCUT2D eigenvalue weighted by Crippen LogP contribution is 2.28. The molecule has 28 heavy (non-hydrogen) atoms. The van der Waals surface area contributed by atoms with Gasteiger partial charge in [-0.2, -0.15) is 8.42 Å². The number of hydrogen-bond acceptors (Lipinski definition) is 5. The molecule has 0 unspecified atom stereocenters. The first-order chi connectivity index (χ1) is 13.4. The molecule has 1 aliphatic heterocycles. The van der Waals surface area contributed by atoms with E-state index in [4.69, 9.17) is 4.84 Å². The second-order valence-electron chi connectivity index (χ2n) is 6.03. The van der Waals surface area contributed by atoms with Crippen LogP contribution in [0.1, 0.15) is 5.56 Å². The summed E-state index contributed by atoms with van der Waals surface area (Å²) in [5, 5.41) is 1.48. The van der Waals surface area contributed by atoms with Crippen LogP contribution in [0.25, 0.3) is 16.8 Å². The summed E-state index contributed by atoms with van der Waals surface area (Å²) in [6.07, 6.45) is 1.15. The molecule has 0 aromatic heterocycles.